The van der Waals surface area contributed by atoms with Crippen molar-refractivity contribution in [3.05, 3.63) is 34.3 Å². The molecule has 0 bridgehead atoms. The largest absolute Gasteiger partial charge is 0.379 e. The molecule has 2 N–H and O–H groups in total. The highest BCUT2D eigenvalue weighted by atomic mass is 79.9. The van der Waals surface area contributed by atoms with Gasteiger partial charge in [-0.05, 0) is 38.0 Å². The fraction of sp³-hybridized carbons (Fsp3) is 0.600. The first kappa shape index (κ1) is 15.0. The molecule has 2 rings (SSSR count). The lowest BCUT2D eigenvalue weighted by Crippen LogP contribution is -2.45. The van der Waals surface area contributed by atoms with Gasteiger partial charge in [-0.1, -0.05) is 28.1 Å². The molecule has 19 heavy (non-hydrogen) atoms. The number of benzene rings is 1. The van der Waals surface area contributed by atoms with Gasteiger partial charge in [-0.25, -0.2) is 0 Å². The predicted molar refractivity (Wildman–Crippen MR) is 82.4 cm³/mol. The maximum absolute atomic E-state index is 5.49. The Balaban J connectivity index is 1.82. The molecule has 0 aromatic heterocycles. The summed E-state index contributed by atoms with van der Waals surface area (Å²) in [6.07, 6.45) is 1.10. The van der Waals surface area contributed by atoms with Gasteiger partial charge >= 0.3 is 0 Å². The first-order chi connectivity index (χ1) is 9.15. The summed E-state index contributed by atoms with van der Waals surface area (Å²) in [6.45, 7) is 7.09. The second-order valence-corrected chi connectivity index (χ2v) is 6.22. The molecule has 0 saturated carbocycles. The Kier molecular flexibility index (Phi) is 5.82. The lowest BCUT2D eigenvalue weighted by molar-refractivity contribution is 0.0708. The van der Waals surface area contributed by atoms with Crippen LogP contribution in [0.2, 0.25) is 0 Å². The normalized spacial score (nSPS) is 23.0. The van der Waals surface area contributed by atoms with E-state index in [0.717, 1.165) is 30.7 Å². The molecule has 3 unspecified atom stereocenters. The smallest absolute Gasteiger partial charge is 0.0620 e. The van der Waals surface area contributed by atoms with Crippen molar-refractivity contribution in [2.45, 2.75) is 38.4 Å². The van der Waals surface area contributed by atoms with Crippen LogP contribution in [0.25, 0.3) is 0 Å². The highest BCUT2D eigenvalue weighted by Crippen LogP contribution is 2.18. The third-order valence-corrected chi connectivity index (χ3v) is 4.01. The van der Waals surface area contributed by atoms with Gasteiger partial charge in [0.1, 0.15) is 0 Å². The van der Waals surface area contributed by atoms with E-state index in [1.807, 2.05) is 0 Å². The van der Waals surface area contributed by atoms with Crippen LogP contribution < -0.4 is 10.6 Å². The molecule has 106 valence electrons. The quantitative estimate of drug-likeness (QED) is 0.872. The van der Waals surface area contributed by atoms with Crippen molar-refractivity contribution in [3.63, 3.8) is 0 Å². The molecule has 3 nitrogen and oxygen atoms in total. The van der Waals surface area contributed by atoms with Gasteiger partial charge < -0.3 is 15.4 Å². The Morgan fingerprint density at radius 2 is 2.32 bits per heavy atom. The summed E-state index contributed by atoms with van der Waals surface area (Å²) in [7, 11) is 0. The van der Waals surface area contributed by atoms with E-state index in [4.69, 9.17) is 4.74 Å². The van der Waals surface area contributed by atoms with Crippen molar-refractivity contribution >= 4 is 15.9 Å². The number of hydrogen-bond donors (Lipinski definition) is 2. The highest BCUT2D eigenvalue weighted by molar-refractivity contribution is 9.10. The molecule has 1 aliphatic heterocycles. The zero-order valence-corrected chi connectivity index (χ0v) is 13.2. The number of rotatable bonds is 5. The molecule has 0 spiro atoms. The summed E-state index contributed by atoms with van der Waals surface area (Å²) >= 11 is 3.52. The minimum Gasteiger partial charge on any atom is -0.379 e. The van der Waals surface area contributed by atoms with Crippen LogP contribution in [-0.4, -0.2) is 31.8 Å². The molecule has 1 aromatic carbocycles. The molecular formula is C15H23BrN2O. The molecule has 4 heteroatoms. The second kappa shape index (κ2) is 7.39. The minimum atomic E-state index is 0.358. The molecule has 3 atom stereocenters. The van der Waals surface area contributed by atoms with Gasteiger partial charge in [0.15, 0.2) is 0 Å². The SMILES string of the molecule is CC(CC1COCCN1)NC(C)c1cccc(Br)c1. The predicted octanol–water partition coefficient (Wildman–Crippen LogP) is 2.87. The third-order valence-electron chi connectivity index (χ3n) is 3.52. The first-order valence-electron chi connectivity index (χ1n) is 6.98. The van der Waals surface area contributed by atoms with Crippen LogP contribution >= 0.6 is 15.9 Å². The van der Waals surface area contributed by atoms with E-state index in [1.54, 1.807) is 0 Å². The van der Waals surface area contributed by atoms with E-state index < -0.39 is 0 Å². The first-order valence-corrected chi connectivity index (χ1v) is 7.77. The van der Waals surface area contributed by atoms with E-state index in [2.05, 4.69) is 64.7 Å². The second-order valence-electron chi connectivity index (χ2n) is 5.31. The maximum Gasteiger partial charge on any atom is 0.0620 e. The van der Waals surface area contributed by atoms with Gasteiger partial charge in [0, 0.05) is 29.1 Å². The molecule has 1 heterocycles. The monoisotopic (exact) mass is 326 g/mol. The average molecular weight is 327 g/mol. The Labute approximate surface area is 124 Å². The van der Waals surface area contributed by atoms with Crippen LogP contribution in [0.5, 0.6) is 0 Å². The van der Waals surface area contributed by atoms with Crippen LogP contribution in [0.4, 0.5) is 0 Å². The van der Waals surface area contributed by atoms with E-state index in [1.165, 1.54) is 5.56 Å². The van der Waals surface area contributed by atoms with E-state index in [9.17, 15) is 0 Å². The van der Waals surface area contributed by atoms with Gasteiger partial charge in [0.05, 0.1) is 13.2 Å². The summed E-state index contributed by atoms with van der Waals surface area (Å²) in [6, 6.07) is 9.78. The Morgan fingerprint density at radius 3 is 3.00 bits per heavy atom. The topological polar surface area (TPSA) is 33.3 Å². The average Bonchev–Trinajstić information content (AvgIpc) is 2.39. The summed E-state index contributed by atoms with van der Waals surface area (Å²) in [5, 5.41) is 7.15. The van der Waals surface area contributed by atoms with Crippen LogP contribution in [0.15, 0.2) is 28.7 Å². The maximum atomic E-state index is 5.49. The van der Waals surface area contributed by atoms with E-state index >= 15 is 0 Å². The van der Waals surface area contributed by atoms with Crippen molar-refractivity contribution in [3.8, 4) is 0 Å². The minimum absolute atomic E-state index is 0.358. The molecule has 1 aliphatic rings. The molecule has 0 aliphatic carbocycles. The van der Waals surface area contributed by atoms with Crippen molar-refractivity contribution in [1.29, 1.82) is 0 Å². The van der Waals surface area contributed by atoms with Gasteiger partial charge in [-0.3, -0.25) is 0 Å². The zero-order valence-electron chi connectivity index (χ0n) is 11.7. The number of halogens is 1. The van der Waals surface area contributed by atoms with Crippen LogP contribution in [0.3, 0.4) is 0 Å². The molecule has 1 saturated heterocycles. The van der Waals surface area contributed by atoms with E-state index in [0.29, 0.717) is 18.1 Å². The van der Waals surface area contributed by atoms with E-state index in [-0.39, 0.29) is 0 Å². The molecular weight excluding hydrogens is 304 g/mol. The number of hydrogen-bond acceptors (Lipinski definition) is 3. The van der Waals surface area contributed by atoms with Crippen molar-refractivity contribution < 1.29 is 4.74 Å². The fourth-order valence-electron chi connectivity index (χ4n) is 2.56. The number of ether oxygens (including phenoxy) is 1. The van der Waals surface area contributed by atoms with Crippen LogP contribution in [0, 0.1) is 0 Å². The Hall–Kier alpha value is -0.420. The number of nitrogens with one attached hydrogen (secondary N) is 2. The molecule has 1 fully saturated rings. The highest BCUT2D eigenvalue weighted by Gasteiger charge is 2.17. The van der Waals surface area contributed by atoms with Gasteiger partial charge in [-0.2, -0.15) is 0 Å². The lowest BCUT2D eigenvalue weighted by atomic mass is 10.0. The Morgan fingerprint density at radius 1 is 1.47 bits per heavy atom. The zero-order chi connectivity index (χ0) is 13.7. The molecule has 1 aromatic rings. The third kappa shape index (κ3) is 4.88. The number of morpholine rings is 1. The van der Waals surface area contributed by atoms with Crippen LogP contribution in [-0.2, 0) is 4.74 Å². The van der Waals surface area contributed by atoms with Gasteiger partial charge in [-0.15, -0.1) is 0 Å². The van der Waals surface area contributed by atoms with Crippen molar-refractivity contribution in [2.75, 3.05) is 19.8 Å². The molecule has 0 radical (unpaired) electrons. The van der Waals surface area contributed by atoms with Crippen LogP contribution in [0.1, 0.15) is 31.9 Å². The van der Waals surface area contributed by atoms with Crippen molar-refractivity contribution in [1.82, 2.24) is 10.6 Å². The summed E-state index contributed by atoms with van der Waals surface area (Å²) in [5.74, 6) is 0. The lowest BCUT2D eigenvalue weighted by Gasteiger charge is -2.28. The van der Waals surface area contributed by atoms with Gasteiger partial charge in [0.25, 0.3) is 0 Å². The summed E-state index contributed by atoms with van der Waals surface area (Å²) in [4.78, 5) is 0. The summed E-state index contributed by atoms with van der Waals surface area (Å²) < 4.78 is 6.62. The van der Waals surface area contributed by atoms with Gasteiger partial charge in [0.2, 0.25) is 0 Å². The molecule has 0 amide bonds. The standard InChI is InChI=1S/C15H23BrN2O/c1-11(8-15-10-19-7-6-17-15)18-12(2)13-4-3-5-14(16)9-13/h3-5,9,11-12,15,17-18H,6-8,10H2,1-2H3. The summed E-state index contributed by atoms with van der Waals surface area (Å²) in [5.41, 5.74) is 1.31. The Bertz CT molecular complexity index is 393. The van der Waals surface area contributed by atoms with Crippen molar-refractivity contribution in [2.24, 2.45) is 0 Å². The fourth-order valence-corrected chi connectivity index (χ4v) is 2.98.